The predicted molar refractivity (Wildman–Crippen MR) is 79.9 cm³/mol. The van der Waals surface area contributed by atoms with E-state index < -0.39 is 0 Å². The Hall–Kier alpha value is -0.710. The summed E-state index contributed by atoms with van der Waals surface area (Å²) in [6.45, 7) is 0. The third kappa shape index (κ3) is 3.65. The summed E-state index contributed by atoms with van der Waals surface area (Å²) in [6, 6.07) is 4.79. The Balaban J connectivity index is 2.32. The second-order valence-corrected chi connectivity index (χ2v) is 5.82. The van der Waals surface area contributed by atoms with E-state index in [0.717, 1.165) is 23.7 Å². The van der Waals surface area contributed by atoms with Crippen LogP contribution in [0.25, 0.3) is 0 Å². The highest BCUT2D eigenvalue weighted by atomic mass is 79.9. The Morgan fingerprint density at radius 2 is 2.00 bits per heavy atom. The lowest BCUT2D eigenvalue weighted by molar-refractivity contribution is 0.523. The molecule has 1 atom stereocenters. The summed E-state index contributed by atoms with van der Waals surface area (Å²) in [5, 5.41) is 0. The number of hydrogen-bond acceptors (Lipinski definition) is 2. The topological polar surface area (TPSA) is 38.0 Å². The maximum absolute atomic E-state index is 14.1. The van der Waals surface area contributed by atoms with Crippen LogP contribution < -0.4 is 11.3 Å². The first-order chi connectivity index (χ1) is 9.24. The van der Waals surface area contributed by atoms with Crippen molar-refractivity contribution in [2.45, 2.75) is 44.6 Å². The molecule has 1 aliphatic rings. The van der Waals surface area contributed by atoms with Gasteiger partial charge in [0.05, 0.1) is 6.04 Å². The first-order valence-electron chi connectivity index (χ1n) is 6.83. The molecule has 0 aromatic heterocycles. The highest BCUT2D eigenvalue weighted by Crippen LogP contribution is 2.33. The van der Waals surface area contributed by atoms with Gasteiger partial charge in [-0.2, -0.15) is 0 Å². The van der Waals surface area contributed by atoms with Crippen LogP contribution >= 0.6 is 15.9 Å². The molecule has 2 nitrogen and oxygen atoms in total. The van der Waals surface area contributed by atoms with E-state index in [1.165, 1.54) is 30.9 Å². The highest BCUT2D eigenvalue weighted by Gasteiger charge is 2.21. The third-order valence-electron chi connectivity index (χ3n) is 3.65. The number of allylic oxidation sites excluding steroid dienone is 1. The molecule has 0 spiro atoms. The van der Waals surface area contributed by atoms with E-state index in [4.69, 9.17) is 5.84 Å². The lowest BCUT2D eigenvalue weighted by Gasteiger charge is -2.23. The molecule has 1 aromatic rings. The van der Waals surface area contributed by atoms with Crippen molar-refractivity contribution < 1.29 is 4.39 Å². The van der Waals surface area contributed by atoms with E-state index >= 15 is 0 Å². The van der Waals surface area contributed by atoms with Crippen LogP contribution in [0.4, 0.5) is 4.39 Å². The minimum absolute atomic E-state index is 0.222. The van der Waals surface area contributed by atoms with Gasteiger partial charge >= 0.3 is 0 Å². The summed E-state index contributed by atoms with van der Waals surface area (Å²) in [7, 11) is 0. The van der Waals surface area contributed by atoms with Crippen LogP contribution in [0.3, 0.4) is 0 Å². The van der Waals surface area contributed by atoms with Gasteiger partial charge in [-0.1, -0.05) is 46.5 Å². The molecule has 0 bridgehead atoms. The number of hydrazine groups is 1. The van der Waals surface area contributed by atoms with Crippen molar-refractivity contribution in [2.24, 2.45) is 5.84 Å². The first kappa shape index (κ1) is 14.7. The lowest BCUT2D eigenvalue weighted by Crippen LogP contribution is -2.30. The molecule has 1 unspecified atom stereocenters. The van der Waals surface area contributed by atoms with Gasteiger partial charge < -0.3 is 0 Å². The molecular formula is C15H20BrFN2. The Morgan fingerprint density at radius 3 is 2.74 bits per heavy atom. The number of benzene rings is 1. The molecule has 4 heteroatoms. The molecule has 1 aliphatic carbocycles. The van der Waals surface area contributed by atoms with Gasteiger partial charge in [0.15, 0.2) is 0 Å². The fourth-order valence-corrected chi connectivity index (χ4v) is 3.21. The summed E-state index contributed by atoms with van der Waals surface area (Å²) in [5.41, 5.74) is 4.59. The van der Waals surface area contributed by atoms with Gasteiger partial charge in [-0.3, -0.25) is 5.84 Å². The third-order valence-corrected chi connectivity index (χ3v) is 4.34. The van der Waals surface area contributed by atoms with Crippen molar-refractivity contribution in [3.8, 4) is 0 Å². The quantitative estimate of drug-likeness (QED) is 0.491. The summed E-state index contributed by atoms with van der Waals surface area (Å²) < 4.78 is 14.8. The Bertz CT molecular complexity index is 439. The van der Waals surface area contributed by atoms with Crippen molar-refractivity contribution in [3.63, 3.8) is 0 Å². The van der Waals surface area contributed by atoms with Gasteiger partial charge in [0, 0.05) is 10.0 Å². The van der Waals surface area contributed by atoms with Crippen LogP contribution in [-0.2, 0) is 0 Å². The monoisotopic (exact) mass is 326 g/mol. The van der Waals surface area contributed by atoms with Crippen molar-refractivity contribution in [1.82, 2.24) is 5.43 Å². The maximum atomic E-state index is 14.1. The molecule has 0 fully saturated rings. The van der Waals surface area contributed by atoms with Gasteiger partial charge in [0.1, 0.15) is 5.82 Å². The Morgan fingerprint density at radius 1 is 1.21 bits per heavy atom. The second-order valence-electron chi connectivity index (χ2n) is 4.97. The summed E-state index contributed by atoms with van der Waals surface area (Å²) in [4.78, 5) is 0. The van der Waals surface area contributed by atoms with Crippen molar-refractivity contribution in [1.29, 1.82) is 0 Å². The van der Waals surface area contributed by atoms with Crippen molar-refractivity contribution in [2.75, 3.05) is 0 Å². The summed E-state index contributed by atoms with van der Waals surface area (Å²) >= 11 is 3.43. The van der Waals surface area contributed by atoms with E-state index in [2.05, 4.69) is 27.4 Å². The van der Waals surface area contributed by atoms with Gasteiger partial charge in [-0.25, -0.2) is 9.82 Å². The standard InChI is InChI=1S/C15H20BrFN2/c16-12-9-6-10-13(17)14(12)15(19-18)11-7-4-2-1-3-5-8-11/h6-7,9-10,15,19H,1-5,8,18H2/b11-7+. The normalized spacial score (nSPS) is 21.1. The number of rotatable bonds is 3. The zero-order valence-electron chi connectivity index (χ0n) is 11.0. The second kappa shape index (κ2) is 7.17. The molecule has 104 valence electrons. The van der Waals surface area contributed by atoms with Gasteiger partial charge in [-0.05, 0) is 37.8 Å². The largest absolute Gasteiger partial charge is 0.271 e. The van der Waals surface area contributed by atoms with E-state index in [-0.39, 0.29) is 11.9 Å². The zero-order valence-corrected chi connectivity index (χ0v) is 12.5. The average molecular weight is 327 g/mol. The van der Waals surface area contributed by atoms with E-state index in [1.54, 1.807) is 6.07 Å². The zero-order chi connectivity index (χ0) is 13.7. The molecule has 19 heavy (non-hydrogen) atoms. The molecule has 3 N–H and O–H groups in total. The Labute approximate surface area is 122 Å². The lowest BCUT2D eigenvalue weighted by atomic mass is 9.91. The van der Waals surface area contributed by atoms with Crippen LogP contribution in [0, 0.1) is 5.82 Å². The van der Waals surface area contributed by atoms with E-state index in [0.29, 0.717) is 5.56 Å². The smallest absolute Gasteiger partial charge is 0.129 e. The van der Waals surface area contributed by atoms with Gasteiger partial charge in [0.25, 0.3) is 0 Å². The molecule has 0 radical (unpaired) electrons. The molecule has 1 aromatic carbocycles. The SMILES string of the molecule is NNC(/C1=C/CCCCCC1)c1c(F)cccc1Br. The highest BCUT2D eigenvalue weighted by molar-refractivity contribution is 9.10. The fraction of sp³-hybridized carbons (Fsp3) is 0.467. The van der Waals surface area contributed by atoms with E-state index in [9.17, 15) is 4.39 Å². The molecule has 0 amide bonds. The molecular weight excluding hydrogens is 307 g/mol. The number of nitrogens with two attached hydrogens (primary N) is 1. The van der Waals surface area contributed by atoms with Gasteiger partial charge in [0.2, 0.25) is 0 Å². The molecule has 0 heterocycles. The summed E-state index contributed by atoms with van der Waals surface area (Å²) in [6.07, 6.45) is 9.15. The number of nitrogens with one attached hydrogen (secondary N) is 1. The van der Waals surface area contributed by atoms with Crippen LogP contribution in [0.2, 0.25) is 0 Å². The van der Waals surface area contributed by atoms with Crippen LogP contribution in [0.1, 0.15) is 50.1 Å². The Kier molecular flexibility index (Phi) is 5.55. The van der Waals surface area contributed by atoms with Gasteiger partial charge in [-0.15, -0.1) is 0 Å². The number of hydrogen-bond donors (Lipinski definition) is 2. The van der Waals surface area contributed by atoms with Crippen molar-refractivity contribution >= 4 is 15.9 Å². The predicted octanol–water partition coefficient (Wildman–Crippen LogP) is 4.37. The first-order valence-corrected chi connectivity index (χ1v) is 7.62. The summed E-state index contributed by atoms with van der Waals surface area (Å²) in [5.74, 6) is 5.46. The van der Waals surface area contributed by atoms with Crippen LogP contribution in [0.5, 0.6) is 0 Å². The minimum Gasteiger partial charge on any atom is -0.271 e. The molecule has 0 aliphatic heterocycles. The molecule has 0 saturated carbocycles. The molecule has 2 rings (SSSR count). The van der Waals surface area contributed by atoms with E-state index in [1.807, 2.05) is 6.07 Å². The maximum Gasteiger partial charge on any atom is 0.129 e. The average Bonchev–Trinajstić information content (AvgIpc) is 2.35. The minimum atomic E-state index is -0.242. The fourth-order valence-electron chi connectivity index (χ4n) is 2.64. The molecule has 0 saturated heterocycles. The number of halogens is 2. The van der Waals surface area contributed by atoms with Crippen LogP contribution in [-0.4, -0.2) is 0 Å². The van der Waals surface area contributed by atoms with Crippen molar-refractivity contribution in [3.05, 3.63) is 45.7 Å². The van der Waals surface area contributed by atoms with Crippen LogP contribution in [0.15, 0.2) is 34.3 Å².